The number of hydrogen-bond acceptors (Lipinski definition) is 7. The van der Waals surface area contributed by atoms with Crippen molar-refractivity contribution >= 4 is 27.5 Å². The molecule has 2 N–H and O–H groups in total. The molecule has 3 rings (SSSR count). The Labute approximate surface area is 137 Å². The smallest absolute Gasteiger partial charge is 0.291 e. The summed E-state index contributed by atoms with van der Waals surface area (Å²) >= 11 is 0. The number of carbonyl (C=O) groups is 1. The summed E-state index contributed by atoms with van der Waals surface area (Å²) in [6, 6.07) is 7.54. The largest absolute Gasteiger partial charge is 0.346 e. The first kappa shape index (κ1) is 15.9. The summed E-state index contributed by atoms with van der Waals surface area (Å²) < 4.78 is 25.6. The van der Waals surface area contributed by atoms with E-state index in [1.54, 1.807) is 19.1 Å². The summed E-state index contributed by atoms with van der Waals surface area (Å²) in [6.45, 7) is 1.37. The van der Waals surface area contributed by atoms with E-state index in [9.17, 15) is 18.0 Å². The Morgan fingerprint density at radius 1 is 1.29 bits per heavy atom. The molecular formula is C14H13N5O4S. The SMILES string of the molecule is C/C(CN1C(=O)c2ccccc2S1(=O)=O)=N\Nc1ccnc(=O)[nH]1. The van der Waals surface area contributed by atoms with Gasteiger partial charge in [-0.2, -0.15) is 5.10 Å². The van der Waals surface area contributed by atoms with Gasteiger partial charge in [0.15, 0.2) is 0 Å². The monoisotopic (exact) mass is 347 g/mol. The van der Waals surface area contributed by atoms with Gasteiger partial charge in [-0.15, -0.1) is 0 Å². The lowest BCUT2D eigenvalue weighted by atomic mass is 10.2. The molecule has 24 heavy (non-hydrogen) atoms. The molecule has 124 valence electrons. The predicted molar refractivity (Wildman–Crippen MR) is 86.3 cm³/mol. The normalized spacial score (nSPS) is 16.1. The van der Waals surface area contributed by atoms with Crippen molar-refractivity contribution in [3.05, 3.63) is 52.6 Å². The second kappa shape index (κ2) is 5.89. The summed E-state index contributed by atoms with van der Waals surface area (Å²) in [5.74, 6) is -0.286. The molecule has 0 atom stereocenters. The van der Waals surface area contributed by atoms with Crippen LogP contribution in [0.4, 0.5) is 5.82 Å². The Kier molecular flexibility index (Phi) is 3.89. The maximum atomic E-state index is 12.4. The van der Waals surface area contributed by atoms with E-state index in [-0.39, 0.29) is 17.0 Å². The van der Waals surface area contributed by atoms with E-state index in [1.165, 1.54) is 24.4 Å². The van der Waals surface area contributed by atoms with Gasteiger partial charge < -0.3 is 0 Å². The molecule has 0 unspecified atom stereocenters. The number of benzene rings is 1. The molecule has 1 amide bonds. The highest BCUT2D eigenvalue weighted by Crippen LogP contribution is 2.29. The number of aromatic nitrogens is 2. The highest BCUT2D eigenvalue weighted by atomic mass is 32.2. The molecule has 10 heteroatoms. The van der Waals surface area contributed by atoms with Gasteiger partial charge in [0.2, 0.25) is 0 Å². The van der Waals surface area contributed by atoms with E-state index in [4.69, 9.17) is 0 Å². The summed E-state index contributed by atoms with van der Waals surface area (Å²) in [5, 5.41) is 3.97. The average Bonchev–Trinajstić information content (AvgIpc) is 2.75. The third-order valence-corrected chi connectivity index (χ3v) is 5.11. The van der Waals surface area contributed by atoms with Gasteiger partial charge in [-0.3, -0.25) is 15.2 Å². The maximum absolute atomic E-state index is 12.4. The standard InChI is InChI=1S/C14H13N5O4S/c1-9(17-18-12-6-7-15-14(21)16-12)8-19-13(20)10-4-2-3-5-11(10)24(19,22)23/h2-7H,8H2,1H3,(H2,15,16,18,21)/b17-9+. The molecule has 1 aromatic carbocycles. The number of aromatic amines is 1. The van der Waals surface area contributed by atoms with Gasteiger partial charge in [0.1, 0.15) is 10.7 Å². The van der Waals surface area contributed by atoms with Crippen LogP contribution in [0.15, 0.2) is 51.3 Å². The molecule has 1 aliphatic heterocycles. The van der Waals surface area contributed by atoms with E-state index in [0.717, 1.165) is 4.31 Å². The average molecular weight is 347 g/mol. The molecular weight excluding hydrogens is 334 g/mol. The number of carbonyl (C=O) groups excluding carboxylic acids is 1. The second-order valence-electron chi connectivity index (χ2n) is 5.06. The number of sulfonamides is 1. The van der Waals surface area contributed by atoms with Crippen LogP contribution < -0.4 is 11.1 Å². The van der Waals surface area contributed by atoms with Gasteiger partial charge in [-0.25, -0.2) is 22.5 Å². The summed E-state index contributed by atoms with van der Waals surface area (Å²) in [5.41, 5.74) is 2.54. The first-order valence-corrected chi connectivity index (χ1v) is 8.34. The van der Waals surface area contributed by atoms with Crippen molar-refractivity contribution < 1.29 is 13.2 Å². The Hall–Kier alpha value is -3.01. The minimum absolute atomic E-state index is 0.00535. The fourth-order valence-electron chi connectivity index (χ4n) is 2.22. The van der Waals surface area contributed by atoms with Gasteiger partial charge in [-0.05, 0) is 25.1 Å². The zero-order chi connectivity index (χ0) is 17.3. The highest BCUT2D eigenvalue weighted by Gasteiger charge is 2.40. The molecule has 0 fully saturated rings. The molecule has 0 saturated carbocycles. The third kappa shape index (κ3) is 2.78. The zero-order valence-electron chi connectivity index (χ0n) is 12.6. The molecule has 0 spiro atoms. The number of rotatable bonds is 4. The van der Waals surface area contributed by atoms with Crippen LogP contribution in [0.2, 0.25) is 0 Å². The molecule has 1 aliphatic rings. The predicted octanol–water partition coefficient (Wildman–Crippen LogP) is 0.402. The minimum atomic E-state index is -3.87. The number of fused-ring (bicyclic) bond motifs is 1. The van der Waals surface area contributed by atoms with Crippen molar-refractivity contribution in [2.75, 3.05) is 12.0 Å². The first-order valence-electron chi connectivity index (χ1n) is 6.90. The Balaban J connectivity index is 1.80. The number of hydrogen-bond donors (Lipinski definition) is 2. The fourth-order valence-corrected chi connectivity index (χ4v) is 3.81. The Morgan fingerprint density at radius 2 is 2.04 bits per heavy atom. The lowest BCUT2D eigenvalue weighted by molar-refractivity contribution is 0.0883. The Bertz CT molecular complexity index is 996. The van der Waals surface area contributed by atoms with Crippen LogP contribution in [0.5, 0.6) is 0 Å². The van der Waals surface area contributed by atoms with Crippen molar-refractivity contribution in [1.82, 2.24) is 14.3 Å². The first-order chi connectivity index (χ1) is 11.4. The number of H-pyrrole nitrogens is 1. The van der Waals surface area contributed by atoms with Crippen LogP contribution in [0.3, 0.4) is 0 Å². The maximum Gasteiger partial charge on any atom is 0.346 e. The van der Waals surface area contributed by atoms with Crippen molar-refractivity contribution in [3.63, 3.8) is 0 Å². The quantitative estimate of drug-likeness (QED) is 0.609. The summed E-state index contributed by atoms with van der Waals surface area (Å²) in [6.07, 6.45) is 1.30. The van der Waals surface area contributed by atoms with Crippen molar-refractivity contribution in [1.29, 1.82) is 0 Å². The van der Waals surface area contributed by atoms with Crippen LogP contribution in [-0.4, -0.2) is 40.9 Å². The van der Waals surface area contributed by atoms with Gasteiger partial charge >= 0.3 is 5.69 Å². The zero-order valence-corrected chi connectivity index (χ0v) is 13.4. The van der Waals surface area contributed by atoms with E-state index in [0.29, 0.717) is 11.5 Å². The molecule has 0 radical (unpaired) electrons. The van der Waals surface area contributed by atoms with Gasteiger partial charge in [0.25, 0.3) is 15.9 Å². The lowest BCUT2D eigenvalue weighted by Gasteiger charge is -2.14. The van der Waals surface area contributed by atoms with Gasteiger partial charge in [0, 0.05) is 6.20 Å². The summed E-state index contributed by atoms with van der Waals surface area (Å²) in [7, 11) is -3.87. The number of nitrogens with zero attached hydrogens (tertiary/aromatic N) is 3. The van der Waals surface area contributed by atoms with E-state index in [2.05, 4.69) is 20.5 Å². The van der Waals surface area contributed by atoms with E-state index in [1.807, 2.05) is 0 Å². The van der Waals surface area contributed by atoms with E-state index >= 15 is 0 Å². The third-order valence-electron chi connectivity index (χ3n) is 3.33. The van der Waals surface area contributed by atoms with Crippen LogP contribution in [0.25, 0.3) is 0 Å². The van der Waals surface area contributed by atoms with Crippen molar-refractivity contribution in [2.24, 2.45) is 5.10 Å². The lowest BCUT2D eigenvalue weighted by Crippen LogP contribution is -2.34. The molecule has 2 aromatic rings. The highest BCUT2D eigenvalue weighted by molar-refractivity contribution is 7.90. The molecule has 0 bridgehead atoms. The van der Waals surface area contributed by atoms with Crippen molar-refractivity contribution in [2.45, 2.75) is 11.8 Å². The molecule has 0 aliphatic carbocycles. The fraction of sp³-hybridized carbons (Fsp3) is 0.143. The number of amides is 1. The number of anilines is 1. The molecule has 1 aromatic heterocycles. The Morgan fingerprint density at radius 3 is 2.75 bits per heavy atom. The number of nitrogens with one attached hydrogen (secondary N) is 2. The second-order valence-corrected chi connectivity index (χ2v) is 6.89. The molecule has 2 heterocycles. The van der Waals surface area contributed by atoms with Crippen LogP contribution in [0, 0.1) is 0 Å². The van der Waals surface area contributed by atoms with Gasteiger partial charge in [-0.1, -0.05) is 12.1 Å². The van der Waals surface area contributed by atoms with E-state index < -0.39 is 21.6 Å². The number of hydrazone groups is 1. The minimum Gasteiger partial charge on any atom is -0.291 e. The van der Waals surface area contributed by atoms with Crippen LogP contribution in [0.1, 0.15) is 17.3 Å². The van der Waals surface area contributed by atoms with Gasteiger partial charge in [0.05, 0.1) is 17.8 Å². The van der Waals surface area contributed by atoms with Crippen LogP contribution in [-0.2, 0) is 10.0 Å². The van der Waals surface area contributed by atoms with Crippen LogP contribution >= 0.6 is 0 Å². The summed E-state index contributed by atoms with van der Waals surface area (Å²) in [4.78, 5) is 29.2. The topological polar surface area (TPSA) is 125 Å². The molecule has 9 nitrogen and oxygen atoms in total. The molecule has 0 saturated heterocycles. The van der Waals surface area contributed by atoms with Crippen molar-refractivity contribution in [3.8, 4) is 0 Å².